The number of nitrogens with one attached hydrogen (secondary N) is 1. The number of pyridine rings is 1. The van der Waals surface area contributed by atoms with Gasteiger partial charge in [-0.05, 0) is 26.0 Å². The van der Waals surface area contributed by atoms with Crippen molar-refractivity contribution in [3.63, 3.8) is 0 Å². The first-order valence-electron chi connectivity index (χ1n) is 7.26. The van der Waals surface area contributed by atoms with Crippen LogP contribution in [0.1, 0.15) is 13.8 Å². The van der Waals surface area contributed by atoms with E-state index in [0.717, 1.165) is 38.5 Å². The Labute approximate surface area is 133 Å². The third-order valence-electron chi connectivity index (χ3n) is 3.16. The van der Waals surface area contributed by atoms with Crippen molar-refractivity contribution >= 4 is 37.6 Å². The summed E-state index contributed by atoms with van der Waals surface area (Å²) in [5.41, 5.74) is 1.82. The molecule has 0 saturated carbocycles. The molecule has 0 bridgehead atoms. The molecule has 0 aliphatic carbocycles. The SMILES string of the molecule is COCCNc1nc2c(cc(OC(C)C)c3ncccc32)s1. The van der Waals surface area contributed by atoms with Gasteiger partial charge in [0.1, 0.15) is 11.3 Å². The minimum Gasteiger partial charge on any atom is -0.489 e. The first-order chi connectivity index (χ1) is 10.7. The van der Waals surface area contributed by atoms with Crippen molar-refractivity contribution in [3.05, 3.63) is 24.4 Å². The summed E-state index contributed by atoms with van der Waals surface area (Å²) in [7, 11) is 1.69. The van der Waals surface area contributed by atoms with Crippen LogP contribution in [0.25, 0.3) is 21.1 Å². The highest BCUT2D eigenvalue weighted by atomic mass is 32.1. The van der Waals surface area contributed by atoms with Gasteiger partial charge in [0.25, 0.3) is 0 Å². The number of hydrogen-bond donors (Lipinski definition) is 1. The molecule has 6 heteroatoms. The lowest BCUT2D eigenvalue weighted by atomic mass is 10.2. The van der Waals surface area contributed by atoms with E-state index < -0.39 is 0 Å². The van der Waals surface area contributed by atoms with Crippen LogP contribution in [0.5, 0.6) is 5.75 Å². The maximum absolute atomic E-state index is 5.92. The molecule has 0 unspecified atom stereocenters. The topological polar surface area (TPSA) is 56.3 Å². The molecule has 0 spiro atoms. The molecule has 0 radical (unpaired) electrons. The molecule has 1 N–H and O–H groups in total. The van der Waals surface area contributed by atoms with Crippen LogP contribution in [0.15, 0.2) is 24.4 Å². The van der Waals surface area contributed by atoms with E-state index in [4.69, 9.17) is 9.47 Å². The predicted octanol–water partition coefficient (Wildman–Crippen LogP) is 3.69. The summed E-state index contributed by atoms with van der Waals surface area (Å²) in [5.74, 6) is 0.810. The second kappa shape index (κ2) is 6.46. The molecule has 116 valence electrons. The molecule has 0 atom stereocenters. The summed E-state index contributed by atoms with van der Waals surface area (Å²) < 4.78 is 12.1. The maximum Gasteiger partial charge on any atom is 0.183 e. The molecule has 3 aromatic rings. The van der Waals surface area contributed by atoms with E-state index in [0.29, 0.717) is 6.61 Å². The molecule has 3 rings (SSSR count). The third-order valence-corrected chi connectivity index (χ3v) is 4.12. The Morgan fingerprint density at radius 3 is 2.95 bits per heavy atom. The Bertz CT molecular complexity index is 786. The number of hydrogen-bond acceptors (Lipinski definition) is 6. The second-order valence-electron chi connectivity index (χ2n) is 5.23. The quantitative estimate of drug-likeness (QED) is 0.703. The molecule has 2 heterocycles. The maximum atomic E-state index is 5.92. The Morgan fingerprint density at radius 2 is 2.18 bits per heavy atom. The van der Waals surface area contributed by atoms with Gasteiger partial charge in [-0.1, -0.05) is 11.3 Å². The average molecular weight is 317 g/mol. The minimum atomic E-state index is 0.106. The van der Waals surface area contributed by atoms with Gasteiger partial charge in [-0.3, -0.25) is 4.98 Å². The normalized spacial score (nSPS) is 11.5. The molecule has 22 heavy (non-hydrogen) atoms. The van der Waals surface area contributed by atoms with Gasteiger partial charge in [0, 0.05) is 31.3 Å². The number of fused-ring (bicyclic) bond motifs is 3. The second-order valence-corrected chi connectivity index (χ2v) is 6.26. The zero-order valence-electron chi connectivity index (χ0n) is 12.9. The number of aromatic nitrogens is 2. The Kier molecular flexibility index (Phi) is 4.40. The molecule has 2 aromatic heterocycles. The molecule has 0 saturated heterocycles. The van der Waals surface area contributed by atoms with Crippen LogP contribution in [-0.4, -0.2) is 36.3 Å². The van der Waals surface area contributed by atoms with Gasteiger partial charge in [0.2, 0.25) is 0 Å². The fourth-order valence-electron chi connectivity index (χ4n) is 2.28. The number of methoxy groups -OCH3 is 1. The van der Waals surface area contributed by atoms with Crippen molar-refractivity contribution < 1.29 is 9.47 Å². The van der Waals surface area contributed by atoms with E-state index in [1.807, 2.05) is 32.0 Å². The van der Waals surface area contributed by atoms with Crippen molar-refractivity contribution in [2.24, 2.45) is 0 Å². The molecule has 0 aliphatic rings. The molecular formula is C16H19N3O2S. The van der Waals surface area contributed by atoms with Crippen LogP contribution in [-0.2, 0) is 4.74 Å². The van der Waals surface area contributed by atoms with Crippen LogP contribution in [0.2, 0.25) is 0 Å². The lowest BCUT2D eigenvalue weighted by Gasteiger charge is -2.11. The highest BCUT2D eigenvalue weighted by Crippen LogP contribution is 2.36. The van der Waals surface area contributed by atoms with Crippen LogP contribution in [0, 0.1) is 0 Å². The molecule has 5 nitrogen and oxygen atoms in total. The number of rotatable bonds is 6. The number of thiazole rings is 1. The fraction of sp³-hybridized carbons (Fsp3) is 0.375. The lowest BCUT2D eigenvalue weighted by molar-refractivity contribution is 0.211. The monoisotopic (exact) mass is 317 g/mol. The molecule has 0 aliphatic heterocycles. The van der Waals surface area contributed by atoms with Gasteiger partial charge >= 0.3 is 0 Å². The number of nitrogens with zero attached hydrogens (tertiary/aromatic N) is 2. The van der Waals surface area contributed by atoms with E-state index >= 15 is 0 Å². The fourth-order valence-corrected chi connectivity index (χ4v) is 3.22. The minimum absolute atomic E-state index is 0.106. The standard InChI is InChI=1S/C16H19N3O2S/c1-10(2)21-12-9-13-15(11-5-4-6-17-14(11)12)19-16(22-13)18-7-8-20-3/h4-6,9-10H,7-8H2,1-3H3,(H,18,19). The van der Waals surface area contributed by atoms with E-state index in [2.05, 4.69) is 15.3 Å². The highest BCUT2D eigenvalue weighted by Gasteiger charge is 2.14. The van der Waals surface area contributed by atoms with Crippen molar-refractivity contribution in [2.45, 2.75) is 20.0 Å². The van der Waals surface area contributed by atoms with Crippen molar-refractivity contribution in [2.75, 3.05) is 25.6 Å². The van der Waals surface area contributed by atoms with E-state index in [1.165, 1.54) is 0 Å². The van der Waals surface area contributed by atoms with E-state index in [1.54, 1.807) is 24.6 Å². The largest absolute Gasteiger partial charge is 0.489 e. The van der Waals surface area contributed by atoms with Gasteiger partial charge < -0.3 is 14.8 Å². The Hall–Kier alpha value is -1.92. The molecule has 0 fully saturated rings. The summed E-state index contributed by atoms with van der Waals surface area (Å²) in [5, 5.41) is 5.19. The molecule has 1 aromatic carbocycles. The first kappa shape index (κ1) is 15.0. The number of benzene rings is 1. The number of ether oxygens (including phenoxy) is 2. The van der Waals surface area contributed by atoms with Crippen molar-refractivity contribution in [1.29, 1.82) is 0 Å². The lowest BCUT2D eigenvalue weighted by Crippen LogP contribution is -2.06. The number of anilines is 1. The zero-order chi connectivity index (χ0) is 15.5. The predicted molar refractivity (Wildman–Crippen MR) is 91.1 cm³/mol. The first-order valence-corrected chi connectivity index (χ1v) is 8.08. The Morgan fingerprint density at radius 1 is 1.32 bits per heavy atom. The smallest absolute Gasteiger partial charge is 0.183 e. The van der Waals surface area contributed by atoms with Gasteiger partial charge in [0.05, 0.1) is 22.9 Å². The molecular weight excluding hydrogens is 298 g/mol. The average Bonchev–Trinajstić information content (AvgIpc) is 2.90. The third kappa shape index (κ3) is 2.98. The van der Waals surface area contributed by atoms with Crippen molar-refractivity contribution in [1.82, 2.24) is 9.97 Å². The zero-order valence-corrected chi connectivity index (χ0v) is 13.7. The van der Waals surface area contributed by atoms with Crippen LogP contribution >= 0.6 is 11.3 Å². The Balaban J connectivity index is 2.08. The molecule has 0 amide bonds. The summed E-state index contributed by atoms with van der Waals surface area (Å²) in [6.07, 6.45) is 1.89. The van der Waals surface area contributed by atoms with Crippen LogP contribution in [0.3, 0.4) is 0 Å². The van der Waals surface area contributed by atoms with Gasteiger partial charge in [-0.2, -0.15) is 0 Å². The summed E-state index contributed by atoms with van der Waals surface area (Å²) in [6, 6.07) is 6.00. The summed E-state index contributed by atoms with van der Waals surface area (Å²) in [4.78, 5) is 9.16. The van der Waals surface area contributed by atoms with Gasteiger partial charge in [-0.25, -0.2) is 4.98 Å². The van der Waals surface area contributed by atoms with Gasteiger partial charge in [0.15, 0.2) is 5.13 Å². The van der Waals surface area contributed by atoms with Crippen molar-refractivity contribution in [3.8, 4) is 5.75 Å². The van der Waals surface area contributed by atoms with Crippen LogP contribution in [0.4, 0.5) is 5.13 Å². The highest BCUT2D eigenvalue weighted by molar-refractivity contribution is 7.22. The van der Waals surface area contributed by atoms with E-state index in [-0.39, 0.29) is 6.10 Å². The van der Waals surface area contributed by atoms with E-state index in [9.17, 15) is 0 Å². The summed E-state index contributed by atoms with van der Waals surface area (Å²) >= 11 is 1.62. The summed E-state index contributed by atoms with van der Waals surface area (Å²) in [6.45, 7) is 5.43. The van der Waals surface area contributed by atoms with Crippen LogP contribution < -0.4 is 10.1 Å². The van der Waals surface area contributed by atoms with Gasteiger partial charge in [-0.15, -0.1) is 0 Å².